The summed E-state index contributed by atoms with van der Waals surface area (Å²) >= 11 is 0. The second-order valence-electron chi connectivity index (χ2n) is 0.514. The van der Waals surface area contributed by atoms with Gasteiger partial charge < -0.3 is 0 Å². The molecule has 2 heteroatoms. The summed E-state index contributed by atoms with van der Waals surface area (Å²) in [5.74, 6) is 0. The van der Waals surface area contributed by atoms with E-state index in [-0.39, 0.29) is 0 Å². The Balaban J connectivity index is 3.31. The lowest BCUT2D eigenvalue weighted by molar-refractivity contribution is -0.111. The molecule has 2 nitrogen and oxygen atoms in total. The zero-order valence-electron chi connectivity index (χ0n) is 2.81. The van der Waals surface area contributed by atoms with Gasteiger partial charge in [0.2, 0.25) is 0 Å². The minimum atomic E-state index is 1.31. The van der Waals surface area contributed by atoms with Crippen LogP contribution in [-0.4, -0.2) is 11.0 Å². The van der Waals surface area contributed by atoms with Gasteiger partial charge in [-0.2, -0.15) is 0 Å². The summed E-state index contributed by atoms with van der Waals surface area (Å²) < 4.78 is 0. The molecule has 0 radical (unpaired) electrons. The van der Waals surface area contributed by atoms with E-state index in [0.29, 0.717) is 0 Å². The Kier molecular flexibility index (Phi) is 2.57. The highest BCUT2D eigenvalue weighted by Gasteiger charge is 1.56. The topological polar surface area (TPSA) is 38.0 Å². The van der Waals surface area contributed by atoms with Gasteiger partial charge in [0.1, 0.15) is 0 Å². The molecule has 0 bridgehead atoms. The Morgan fingerprint density at radius 1 is 1.80 bits per heavy atom. The van der Waals surface area contributed by atoms with Crippen LogP contribution in [0.2, 0.25) is 0 Å². The molecule has 0 aliphatic heterocycles. The normalized spacial score (nSPS) is 4.80. The molecule has 0 fully saturated rings. The van der Waals surface area contributed by atoms with Crippen LogP contribution in [0.25, 0.3) is 0 Å². The van der Waals surface area contributed by atoms with Gasteiger partial charge in [-0.25, -0.2) is 0 Å². The van der Waals surface area contributed by atoms with Crippen molar-refractivity contribution in [3.63, 3.8) is 0 Å². The van der Waals surface area contributed by atoms with E-state index in [1.807, 2.05) is 0 Å². The van der Waals surface area contributed by atoms with E-state index in [0.717, 1.165) is 0 Å². The number of hydrogen-bond acceptors (Lipinski definition) is 1. The standard InChI is InChI=1S/C3H5N2/c1-2-3-5-4/h2-4H,1H2/q+1. The molecule has 0 unspecified atom stereocenters. The van der Waals surface area contributed by atoms with Gasteiger partial charge in [-0.15, -0.1) is 0 Å². The Bertz CT molecular complexity index is 69.0. The largest absolute Gasteiger partial charge is 0.329 e. The van der Waals surface area contributed by atoms with Crippen LogP contribution in [-0.2, 0) is 0 Å². The first-order valence-corrected chi connectivity index (χ1v) is 1.22. The van der Waals surface area contributed by atoms with Crippen LogP contribution in [0.1, 0.15) is 0 Å². The Hall–Kier alpha value is -0.880. The molecular formula is C3H5N2+. The summed E-state index contributed by atoms with van der Waals surface area (Å²) in [6.45, 7) is 3.28. The van der Waals surface area contributed by atoms with Crippen molar-refractivity contribution in [2.24, 2.45) is 0 Å². The Morgan fingerprint density at radius 3 is 2.40 bits per heavy atom. The van der Waals surface area contributed by atoms with Crippen LogP contribution in [0.15, 0.2) is 12.7 Å². The van der Waals surface area contributed by atoms with Crippen molar-refractivity contribution in [1.29, 1.82) is 5.53 Å². The van der Waals surface area contributed by atoms with Gasteiger partial charge in [0.25, 0.3) is 0 Å². The van der Waals surface area contributed by atoms with Gasteiger partial charge >= 0.3 is 6.21 Å². The molecule has 0 aliphatic carbocycles. The highest BCUT2D eigenvalue weighted by molar-refractivity contribution is 5.63. The molecule has 26 valence electrons. The first-order valence-electron chi connectivity index (χ1n) is 1.22. The minimum Gasteiger partial charge on any atom is -0.0918 e. The van der Waals surface area contributed by atoms with Gasteiger partial charge in [0.05, 0.1) is 5.53 Å². The monoisotopic (exact) mass is 69.0 g/mol. The van der Waals surface area contributed by atoms with Gasteiger partial charge in [-0.3, -0.25) is 0 Å². The van der Waals surface area contributed by atoms with E-state index < -0.39 is 0 Å². The van der Waals surface area contributed by atoms with E-state index in [4.69, 9.17) is 5.53 Å². The van der Waals surface area contributed by atoms with E-state index >= 15 is 0 Å². The second-order valence-corrected chi connectivity index (χ2v) is 0.514. The minimum absolute atomic E-state index is 1.31. The van der Waals surface area contributed by atoms with Crippen molar-refractivity contribution in [1.82, 2.24) is 0 Å². The summed E-state index contributed by atoms with van der Waals surface area (Å²) in [5, 5.41) is 0. The van der Waals surface area contributed by atoms with Crippen LogP contribution in [0, 0.1) is 5.53 Å². The lowest BCUT2D eigenvalue weighted by atomic mass is 10.7. The van der Waals surface area contributed by atoms with Crippen LogP contribution in [0.5, 0.6) is 0 Å². The lowest BCUT2D eigenvalue weighted by Gasteiger charge is -1.30. The van der Waals surface area contributed by atoms with Crippen molar-refractivity contribution in [2.45, 2.75) is 0 Å². The van der Waals surface area contributed by atoms with Crippen molar-refractivity contribution >= 4 is 6.21 Å². The van der Waals surface area contributed by atoms with E-state index in [9.17, 15) is 0 Å². The lowest BCUT2D eigenvalue weighted by Crippen LogP contribution is -1.54. The molecule has 0 aliphatic rings. The van der Waals surface area contributed by atoms with Crippen LogP contribution in [0.3, 0.4) is 0 Å². The number of rotatable bonds is 1. The molecule has 0 rings (SSSR count). The third kappa shape index (κ3) is 3.12. The molecule has 0 atom stereocenters. The van der Waals surface area contributed by atoms with Gasteiger partial charge in [-0.1, -0.05) is 6.58 Å². The summed E-state index contributed by atoms with van der Waals surface area (Å²) in [7, 11) is 0. The van der Waals surface area contributed by atoms with Crippen molar-refractivity contribution in [3.8, 4) is 0 Å². The average molecular weight is 69.1 g/mol. The number of nitrogens with one attached hydrogen (secondary N) is 1. The highest BCUT2D eigenvalue weighted by Crippen LogP contribution is 1.36. The average Bonchev–Trinajstić information content (AvgIpc) is 1.41. The molecule has 0 saturated carbocycles. The highest BCUT2D eigenvalue weighted by atomic mass is 14.8. The maximum atomic E-state index is 6.10. The molecule has 5 heavy (non-hydrogen) atoms. The number of hydrogen-bond donors (Lipinski definition) is 1. The predicted molar refractivity (Wildman–Crippen MR) is 19.2 cm³/mol. The molecule has 1 N–H and O–H groups in total. The van der Waals surface area contributed by atoms with E-state index in [1.54, 1.807) is 0 Å². The fraction of sp³-hybridized carbons (Fsp3) is 0. The molecule has 0 heterocycles. The number of nitrogens with zero attached hydrogens (tertiary/aromatic N) is 1. The smallest absolute Gasteiger partial charge is 0.0918 e. The quantitative estimate of drug-likeness (QED) is 0.264. The predicted octanol–water partition coefficient (Wildman–Crippen LogP) is 0.482. The molecule has 0 aromatic rings. The van der Waals surface area contributed by atoms with Gasteiger partial charge in [0, 0.05) is 10.9 Å². The van der Waals surface area contributed by atoms with Crippen LogP contribution >= 0.6 is 0 Å². The molecule has 0 amide bonds. The van der Waals surface area contributed by atoms with E-state index in [1.165, 1.54) is 12.3 Å². The van der Waals surface area contributed by atoms with Crippen molar-refractivity contribution in [3.05, 3.63) is 12.7 Å². The Labute approximate surface area is 30.4 Å². The second kappa shape index (κ2) is 3.12. The zero-order chi connectivity index (χ0) is 4.12. The molecule has 0 aromatic heterocycles. The maximum absolute atomic E-state index is 6.10. The van der Waals surface area contributed by atoms with Crippen molar-refractivity contribution in [2.75, 3.05) is 0 Å². The zero-order valence-corrected chi connectivity index (χ0v) is 2.81. The Morgan fingerprint density at radius 2 is 2.40 bits per heavy atom. The summed E-state index contributed by atoms with van der Waals surface area (Å²) in [6.07, 6.45) is 2.76. The SMILES string of the molecule is C=CC=[N+]=N. The fourth-order valence-corrected chi connectivity index (χ4v) is 0.0527. The third-order valence-corrected chi connectivity index (χ3v) is 0.180. The fourth-order valence-electron chi connectivity index (χ4n) is 0.0527. The summed E-state index contributed by atoms with van der Waals surface area (Å²) in [4.78, 5) is 2.86. The maximum Gasteiger partial charge on any atom is 0.329 e. The molecule has 0 aromatic carbocycles. The van der Waals surface area contributed by atoms with E-state index in [2.05, 4.69) is 11.4 Å². The molecular weight excluding hydrogens is 64.0 g/mol. The van der Waals surface area contributed by atoms with Crippen LogP contribution < -0.4 is 0 Å². The third-order valence-electron chi connectivity index (χ3n) is 0.180. The van der Waals surface area contributed by atoms with Gasteiger partial charge in [0.15, 0.2) is 0 Å². The first kappa shape index (κ1) is 4.12. The molecule has 0 spiro atoms. The molecule has 0 saturated heterocycles. The first-order chi connectivity index (χ1) is 2.41. The number of allylic oxidation sites excluding steroid dienone is 1. The summed E-state index contributed by atoms with van der Waals surface area (Å²) in [5.41, 5.74) is 6.10. The van der Waals surface area contributed by atoms with Crippen LogP contribution in [0.4, 0.5) is 0 Å². The summed E-state index contributed by atoms with van der Waals surface area (Å²) in [6, 6.07) is 0. The van der Waals surface area contributed by atoms with Gasteiger partial charge in [-0.05, 0) is 0 Å². The van der Waals surface area contributed by atoms with Crippen molar-refractivity contribution < 1.29 is 4.79 Å².